The molecule has 0 unspecified atom stereocenters. The number of nitrogens with zero attached hydrogens (tertiary/aromatic N) is 2. The number of aliphatic imine (C=N–C) groups is 1. The molecule has 4 aromatic carbocycles. The number of carboxylic acids is 1. The first-order chi connectivity index (χ1) is 19.5. The number of thioether (sulfide) groups is 1. The maximum absolute atomic E-state index is 12.6. The number of para-hydroxylation sites is 1. The molecule has 5 rings (SSSR count). The SMILES string of the molecule is N#Cc1ccccc1-c1ccc(COc2ccccc2C=C2SC(=Nc3ccc(CC(=O)[O-])cc3)NC2=O)cc1.[Na+]. The van der Waals surface area contributed by atoms with E-state index in [9.17, 15) is 20.0 Å². The van der Waals surface area contributed by atoms with Gasteiger partial charge in [-0.15, -0.1) is 0 Å². The second-order valence-electron chi connectivity index (χ2n) is 8.88. The Balaban J connectivity index is 0.00000387. The quantitative estimate of drug-likeness (QED) is 0.257. The molecule has 0 atom stereocenters. The second-order valence-corrected chi connectivity index (χ2v) is 9.91. The van der Waals surface area contributed by atoms with Gasteiger partial charge < -0.3 is 20.0 Å². The summed E-state index contributed by atoms with van der Waals surface area (Å²) in [6, 6.07) is 31.8. The van der Waals surface area contributed by atoms with Crippen molar-refractivity contribution in [1.29, 1.82) is 5.26 Å². The van der Waals surface area contributed by atoms with Gasteiger partial charge in [0.2, 0.25) is 0 Å². The van der Waals surface area contributed by atoms with Crippen molar-refractivity contribution < 1.29 is 49.0 Å². The monoisotopic (exact) mass is 567 g/mol. The van der Waals surface area contributed by atoms with E-state index in [1.165, 1.54) is 11.8 Å². The van der Waals surface area contributed by atoms with E-state index < -0.39 is 5.97 Å². The predicted molar refractivity (Wildman–Crippen MR) is 153 cm³/mol. The number of amides is 1. The molecule has 1 amide bonds. The van der Waals surface area contributed by atoms with Gasteiger partial charge in [0.05, 0.1) is 22.2 Å². The van der Waals surface area contributed by atoms with Crippen LogP contribution in [0.25, 0.3) is 17.2 Å². The molecule has 4 aromatic rings. The minimum atomic E-state index is -1.15. The fourth-order valence-corrected chi connectivity index (χ4v) is 4.93. The molecule has 1 aliphatic heterocycles. The number of amidine groups is 1. The van der Waals surface area contributed by atoms with E-state index in [-0.39, 0.29) is 41.9 Å². The Morgan fingerprint density at radius 3 is 2.37 bits per heavy atom. The molecule has 7 nitrogen and oxygen atoms in total. The van der Waals surface area contributed by atoms with Gasteiger partial charge in [0, 0.05) is 18.0 Å². The summed E-state index contributed by atoms with van der Waals surface area (Å²) in [5.74, 6) is -0.774. The first-order valence-corrected chi connectivity index (χ1v) is 13.2. The van der Waals surface area contributed by atoms with E-state index in [2.05, 4.69) is 16.4 Å². The first kappa shape index (κ1) is 29.8. The van der Waals surface area contributed by atoms with Gasteiger partial charge in [-0.05, 0) is 64.4 Å². The van der Waals surface area contributed by atoms with Crippen molar-refractivity contribution >= 4 is 40.6 Å². The van der Waals surface area contributed by atoms with Crippen LogP contribution in [0.3, 0.4) is 0 Å². The van der Waals surface area contributed by atoms with Gasteiger partial charge in [0.25, 0.3) is 5.91 Å². The van der Waals surface area contributed by atoms with E-state index in [0.717, 1.165) is 22.3 Å². The Kier molecular flexibility index (Phi) is 10.2. The molecule has 1 saturated heterocycles. The van der Waals surface area contributed by atoms with Crippen LogP contribution < -0.4 is 44.7 Å². The number of ether oxygens (including phenoxy) is 1. The Bertz CT molecular complexity index is 1680. The summed E-state index contributed by atoms with van der Waals surface area (Å²) in [6.45, 7) is 0.334. The van der Waals surface area contributed by atoms with Crippen molar-refractivity contribution in [3.63, 3.8) is 0 Å². The van der Waals surface area contributed by atoms with Gasteiger partial charge >= 0.3 is 29.6 Å². The van der Waals surface area contributed by atoms with Crippen molar-refractivity contribution in [1.82, 2.24) is 5.32 Å². The van der Waals surface area contributed by atoms with Crippen LogP contribution in [0.5, 0.6) is 5.75 Å². The first-order valence-electron chi connectivity index (χ1n) is 12.4. The van der Waals surface area contributed by atoms with Crippen LogP contribution >= 0.6 is 11.8 Å². The average Bonchev–Trinajstić information content (AvgIpc) is 3.31. The largest absolute Gasteiger partial charge is 1.00 e. The van der Waals surface area contributed by atoms with Gasteiger partial charge in [-0.3, -0.25) is 4.79 Å². The number of carbonyl (C=O) groups is 2. The predicted octanol–water partition coefficient (Wildman–Crippen LogP) is 1.99. The Labute approximate surface area is 263 Å². The zero-order valence-corrected chi connectivity index (χ0v) is 25.0. The van der Waals surface area contributed by atoms with E-state index >= 15 is 0 Å². The summed E-state index contributed by atoms with van der Waals surface area (Å²) in [6.07, 6.45) is 1.60. The summed E-state index contributed by atoms with van der Waals surface area (Å²) in [4.78, 5) is 28.3. The fourth-order valence-electron chi connectivity index (χ4n) is 4.10. The van der Waals surface area contributed by atoms with Gasteiger partial charge in [-0.25, -0.2) is 4.99 Å². The molecule has 9 heteroatoms. The topological polar surface area (TPSA) is 115 Å². The van der Waals surface area contributed by atoms with Crippen molar-refractivity contribution in [2.75, 3.05) is 0 Å². The molecule has 0 saturated carbocycles. The third-order valence-corrected chi connectivity index (χ3v) is 6.99. The molecule has 1 aliphatic rings. The molecule has 1 heterocycles. The number of aliphatic carboxylic acids is 1. The molecular formula is C32H22N3NaO4S. The van der Waals surface area contributed by atoms with Crippen LogP contribution in [0.2, 0.25) is 0 Å². The van der Waals surface area contributed by atoms with Crippen LogP contribution in [-0.4, -0.2) is 17.0 Å². The molecule has 0 aliphatic carbocycles. The van der Waals surface area contributed by atoms with Crippen LogP contribution in [0.4, 0.5) is 5.69 Å². The molecular weight excluding hydrogens is 545 g/mol. The van der Waals surface area contributed by atoms with Gasteiger partial charge in [-0.1, -0.05) is 72.8 Å². The molecule has 0 radical (unpaired) electrons. The molecule has 1 N–H and O–H groups in total. The third kappa shape index (κ3) is 7.75. The van der Waals surface area contributed by atoms with Crippen LogP contribution in [0, 0.1) is 11.3 Å². The van der Waals surface area contributed by atoms with Gasteiger partial charge in [-0.2, -0.15) is 5.26 Å². The van der Waals surface area contributed by atoms with Crippen molar-refractivity contribution in [3.05, 3.63) is 124 Å². The van der Waals surface area contributed by atoms with E-state index in [1.807, 2.05) is 66.7 Å². The Morgan fingerprint density at radius 2 is 1.63 bits per heavy atom. The Morgan fingerprint density at radius 1 is 0.951 bits per heavy atom. The summed E-state index contributed by atoms with van der Waals surface area (Å²) >= 11 is 1.22. The number of nitrogens with one attached hydrogen (secondary N) is 1. The maximum atomic E-state index is 12.6. The van der Waals surface area contributed by atoms with Crippen LogP contribution in [-0.2, 0) is 22.6 Å². The smallest absolute Gasteiger partial charge is 0.550 e. The van der Waals surface area contributed by atoms with Crippen molar-refractivity contribution in [2.45, 2.75) is 13.0 Å². The normalized spacial score (nSPS) is 14.3. The maximum Gasteiger partial charge on any atom is 1.00 e. The number of benzene rings is 4. The zero-order valence-electron chi connectivity index (χ0n) is 22.2. The summed E-state index contributed by atoms with van der Waals surface area (Å²) in [5.41, 5.74) is 5.41. The molecule has 196 valence electrons. The van der Waals surface area contributed by atoms with Crippen LogP contribution in [0.15, 0.2) is 107 Å². The number of rotatable bonds is 8. The summed E-state index contributed by atoms with van der Waals surface area (Å²) in [5, 5.41) is 23.3. The third-order valence-electron chi connectivity index (χ3n) is 6.08. The van der Waals surface area contributed by atoms with Gasteiger partial charge in [0.1, 0.15) is 12.4 Å². The number of nitriles is 1. The van der Waals surface area contributed by atoms with E-state index in [1.54, 1.807) is 36.4 Å². The zero-order chi connectivity index (χ0) is 27.9. The molecule has 0 bridgehead atoms. The average molecular weight is 568 g/mol. The molecule has 1 fully saturated rings. The second kappa shape index (κ2) is 14.0. The van der Waals surface area contributed by atoms with Crippen molar-refractivity contribution in [2.24, 2.45) is 4.99 Å². The molecule has 0 aromatic heterocycles. The van der Waals surface area contributed by atoms with E-state index in [4.69, 9.17) is 4.74 Å². The minimum absolute atomic E-state index is 0. The molecule has 41 heavy (non-hydrogen) atoms. The van der Waals surface area contributed by atoms with Gasteiger partial charge in [0.15, 0.2) is 5.17 Å². The number of hydrogen-bond acceptors (Lipinski definition) is 7. The minimum Gasteiger partial charge on any atom is -0.550 e. The number of carbonyl (C=O) groups excluding carboxylic acids is 2. The molecule has 0 spiro atoms. The van der Waals surface area contributed by atoms with Crippen molar-refractivity contribution in [3.8, 4) is 22.9 Å². The summed E-state index contributed by atoms with van der Waals surface area (Å²) < 4.78 is 6.11. The standard InChI is InChI=1S/C32H23N3O4S.Na/c33-19-25-6-1-3-7-27(25)23-13-9-22(10-14-23)20-39-28-8-4-2-5-24(28)18-29-31(38)35-32(40-29)34-26-15-11-21(12-16-26)17-30(36)37;/h1-16,18H,17,20H2,(H,36,37)(H,34,35,38);/q;+1/p-1. The Hall–Kier alpha value is -4.13. The number of carboxylic acid groups (broad SMARTS) is 1. The number of hydrogen-bond donors (Lipinski definition) is 1. The van der Waals surface area contributed by atoms with E-state index in [0.29, 0.717) is 39.2 Å². The fraction of sp³-hybridized carbons (Fsp3) is 0.0625. The van der Waals surface area contributed by atoms with Crippen LogP contribution in [0.1, 0.15) is 22.3 Å². The summed E-state index contributed by atoms with van der Waals surface area (Å²) in [7, 11) is 0.